The summed E-state index contributed by atoms with van der Waals surface area (Å²) < 4.78 is 4.65. The number of nitrogens with zero attached hydrogens (tertiary/aromatic N) is 1. The Hall–Kier alpha value is -1.56. The molecule has 0 spiro atoms. The van der Waals surface area contributed by atoms with Gasteiger partial charge in [-0.2, -0.15) is 0 Å². The first-order chi connectivity index (χ1) is 6.49. The van der Waals surface area contributed by atoms with Gasteiger partial charge in [0.15, 0.2) is 0 Å². The largest absolute Gasteiger partial charge is 0.480 e. The number of carboxylic acids is 1. The van der Waals surface area contributed by atoms with Crippen LogP contribution in [-0.2, 0) is 9.53 Å². The van der Waals surface area contributed by atoms with Crippen molar-refractivity contribution in [2.75, 3.05) is 20.2 Å². The van der Waals surface area contributed by atoms with Crippen LogP contribution >= 0.6 is 0 Å². The number of aliphatic carboxylic acids is 1. The number of carboxylic acid groups (broad SMARTS) is 1. The second kappa shape index (κ2) is 5.98. The highest BCUT2D eigenvalue weighted by atomic mass is 16.6. The fraction of sp³-hybridized carbons (Fsp3) is 0.500. The van der Waals surface area contributed by atoms with Gasteiger partial charge in [0.05, 0.1) is 0 Å². The lowest BCUT2D eigenvalue weighted by Gasteiger charge is -2.18. The fourth-order valence-electron chi connectivity index (χ4n) is 0.688. The van der Waals surface area contributed by atoms with Crippen LogP contribution in [-0.4, -0.2) is 48.3 Å². The van der Waals surface area contributed by atoms with Gasteiger partial charge in [0, 0.05) is 13.6 Å². The fourth-order valence-corrected chi connectivity index (χ4v) is 0.688. The monoisotopic (exact) mass is 202 g/mol. The van der Waals surface area contributed by atoms with E-state index in [0.29, 0.717) is 0 Å². The third-order valence-electron chi connectivity index (χ3n) is 1.42. The maximum atomic E-state index is 11.1. The number of likely N-dealkylation sites (N-methyl/N-ethyl adjacent to an activating group) is 1. The average Bonchev–Trinajstić information content (AvgIpc) is 2.13. The Morgan fingerprint density at radius 2 is 2.29 bits per heavy atom. The van der Waals surface area contributed by atoms with Crippen LogP contribution in [0.3, 0.4) is 0 Å². The van der Waals surface area contributed by atoms with Crippen LogP contribution in [0.2, 0.25) is 0 Å². The topological polar surface area (TPSA) is 92.9 Å². The summed E-state index contributed by atoms with van der Waals surface area (Å²) in [5.41, 5.74) is 5.21. The Morgan fingerprint density at radius 3 is 2.71 bits per heavy atom. The second-order valence-electron chi connectivity index (χ2n) is 2.69. The number of hydrogen-bond donors (Lipinski definition) is 2. The number of ether oxygens (including phenoxy) is 1. The summed E-state index contributed by atoms with van der Waals surface area (Å²) in [7, 11) is 1.41. The second-order valence-corrected chi connectivity index (χ2v) is 2.69. The summed E-state index contributed by atoms with van der Waals surface area (Å²) in [5, 5.41) is 8.47. The predicted molar refractivity (Wildman–Crippen MR) is 49.8 cm³/mol. The lowest BCUT2D eigenvalue weighted by Crippen LogP contribution is -2.43. The molecule has 0 aliphatic carbocycles. The van der Waals surface area contributed by atoms with Crippen molar-refractivity contribution in [3.8, 4) is 0 Å². The molecule has 1 atom stereocenters. The van der Waals surface area contributed by atoms with E-state index in [0.717, 1.165) is 4.90 Å². The zero-order valence-corrected chi connectivity index (χ0v) is 7.97. The van der Waals surface area contributed by atoms with Crippen LogP contribution < -0.4 is 5.73 Å². The van der Waals surface area contributed by atoms with E-state index in [9.17, 15) is 9.59 Å². The Balaban J connectivity index is 3.94. The van der Waals surface area contributed by atoms with Gasteiger partial charge in [0.25, 0.3) is 0 Å². The molecule has 6 nitrogen and oxygen atoms in total. The summed E-state index contributed by atoms with van der Waals surface area (Å²) in [6, 6.07) is -1.10. The molecule has 0 aromatic heterocycles. The Kier molecular flexibility index (Phi) is 5.31. The van der Waals surface area contributed by atoms with Crippen molar-refractivity contribution >= 4 is 12.1 Å². The summed E-state index contributed by atoms with van der Waals surface area (Å²) in [6.07, 6.45) is 0.796. The Labute approximate surface area is 81.9 Å². The molecular formula is C8H14N2O4. The molecule has 80 valence electrons. The van der Waals surface area contributed by atoms with Crippen molar-refractivity contribution in [1.82, 2.24) is 4.90 Å². The minimum absolute atomic E-state index is 0.0888. The number of carbonyl (C=O) groups is 2. The van der Waals surface area contributed by atoms with Crippen LogP contribution in [0.15, 0.2) is 12.7 Å². The van der Waals surface area contributed by atoms with Crippen LogP contribution in [0.1, 0.15) is 0 Å². The molecule has 0 fully saturated rings. The van der Waals surface area contributed by atoms with Crippen molar-refractivity contribution in [3.05, 3.63) is 12.7 Å². The van der Waals surface area contributed by atoms with E-state index >= 15 is 0 Å². The van der Waals surface area contributed by atoms with E-state index in [2.05, 4.69) is 11.3 Å². The first-order valence-corrected chi connectivity index (χ1v) is 3.96. The van der Waals surface area contributed by atoms with E-state index < -0.39 is 18.1 Å². The highest BCUT2D eigenvalue weighted by Crippen LogP contribution is 1.92. The summed E-state index contributed by atoms with van der Waals surface area (Å²) in [4.78, 5) is 22.5. The molecule has 0 bridgehead atoms. The standard InChI is InChI=1S/C8H14N2O4/c1-3-4-14-8(13)10(2)5-6(9)7(11)12/h3,6H,1,4-5,9H2,2H3,(H,11,12)/t6-/m0/s1. The molecule has 1 amide bonds. The molecule has 0 saturated heterocycles. The molecule has 0 aromatic carbocycles. The quantitative estimate of drug-likeness (QED) is 0.594. The molecule has 6 heteroatoms. The highest BCUT2D eigenvalue weighted by Gasteiger charge is 2.18. The molecule has 0 saturated carbocycles. The molecule has 0 radical (unpaired) electrons. The SMILES string of the molecule is C=CCOC(=O)N(C)C[C@H](N)C(=O)O. The minimum Gasteiger partial charge on any atom is -0.480 e. The van der Waals surface area contributed by atoms with Gasteiger partial charge < -0.3 is 20.5 Å². The predicted octanol–water partition coefficient (Wildman–Crippen LogP) is -0.347. The first kappa shape index (κ1) is 12.4. The maximum absolute atomic E-state index is 11.1. The summed E-state index contributed by atoms with van der Waals surface area (Å²) in [5.74, 6) is -1.16. The van der Waals surface area contributed by atoms with Gasteiger partial charge in [-0.3, -0.25) is 4.79 Å². The normalized spacial score (nSPS) is 11.6. The number of hydrogen-bond acceptors (Lipinski definition) is 4. The van der Waals surface area contributed by atoms with Crippen molar-refractivity contribution in [3.63, 3.8) is 0 Å². The van der Waals surface area contributed by atoms with E-state index in [-0.39, 0.29) is 13.2 Å². The molecule has 3 N–H and O–H groups in total. The number of rotatable bonds is 5. The zero-order chi connectivity index (χ0) is 11.1. The molecule has 0 aromatic rings. The van der Waals surface area contributed by atoms with Crippen molar-refractivity contribution < 1.29 is 19.4 Å². The third-order valence-corrected chi connectivity index (χ3v) is 1.42. The maximum Gasteiger partial charge on any atom is 0.409 e. The van der Waals surface area contributed by atoms with E-state index in [1.54, 1.807) is 0 Å². The molecule has 0 heterocycles. The van der Waals surface area contributed by atoms with Crippen LogP contribution in [0.4, 0.5) is 4.79 Å². The molecule has 0 aliphatic rings. The van der Waals surface area contributed by atoms with E-state index in [1.165, 1.54) is 13.1 Å². The van der Waals surface area contributed by atoms with Crippen molar-refractivity contribution in [2.24, 2.45) is 5.73 Å². The number of carbonyl (C=O) groups excluding carboxylic acids is 1. The van der Waals surface area contributed by atoms with Gasteiger partial charge in [-0.05, 0) is 0 Å². The lowest BCUT2D eigenvalue weighted by atomic mass is 10.3. The highest BCUT2D eigenvalue weighted by molar-refractivity contribution is 5.75. The van der Waals surface area contributed by atoms with E-state index in [1.807, 2.05) is 0 Å². The Morgan fingerprint density at radius 1 is 1.71 bits per heavy atom. The van der Waals surface area contributed by atoms with Gasteiger partial charge >= 0.3 is 12.1 Å². The lowest BCUT2D eigenvalue weighted by molar-refractivity contribution is -0.138. The average molecular weight is 202 g/mol. The van der Waals surface area contributed by atoms with Crippen LogP contribution in [0.25, 0.3) is 0 Å². The zero-order valence-electron chi connectivity index (χ0n) is 7.97. The summed E-state index contributed by atoms with van der Waals surface area (Å²) in [6.45, 7) is 3.36. The van der Waals surface area contributed by atoms with Crippen LogP contribution in [0.5, 0.6) is 0 Å². The van der Waals surface area contributed by atoms with Gasteiger partial charge in [-0.1, -0.05) is 12.7 Å². The van der Waals surface area contributed by atoms with Gasteiger partial charge in [-0.25, -0.2) is 4.79 Å². The van der Waals surface area contributed by atoms with E-state index in [4.69, 9.17) is 10.8 Å². The third kappa shape index (κ3) is 4.46. The van der Waals surface area contributed by atoms with Gasteiger partial charge in [-0.15, -0.1) is 0 Å². The molecule has 14 heavy (non-hydrogen) atoms. The van der Waals surface area contributed by atoms with Gasteiger partial charge in [0.1, 0.15) is 12.6 Å². The smallest absolute Gasteiger partial charge is 0.409 e. The molecule has 0 aliphatic heterocycles. The molecule has 0 unspecified atom stereocenters. The number of nitrogens with two attached hydrogens (primary N) is 1. The number of amides is 1. The van der Waals surface area contributed by atoms with Crippen LogP contribution in [0, 0.1) is 0 Å². The minimum atomic E-state index is -1.16. The van der Waals surface area contributed by atoms with Gasteiger partial charge in [0.2, 0.25) is 0 Å². The molecular weight excluding hydrogens is 188 g/mol. The van der Waals surface area contributed by atoms with Crippen molar-refractivity contribution in [1.29, 1.82) is 0 Å². The summed E-state index contributed by atoms with van der Waals surface area (Å²) >= 11 is 0. The Bertz CT molecular complexity index is 229. The van der Waals surface area contributed by atoms with Crippen molar-refractivity contribution in [2.45, 2.75) is 6.04 Å². The molecule has 0 rings (SSSR count). The first-order valence-electron chi connectivity index (χ1n) is 3.96.